The van der Waals surface area contributed by atoms with Gasteiger partial charge in [-0.25, -0.2) is 17.7 Å². The van der Waals surface area contributed by atoms with Gasteiger partial charge < -0.3 is 14.8 Å². The predicted octanol–water partition coefficient (Wildman–Crippen LogP) is 4.11. The van der Waals surface area contributed by atoms with Crippen LogP contribution in [0.2, 0.25) is 0 Å². The summed E-state index contributed by atoms with van der Waals surface area (Å²) in [6.45, 7) is 10.0. The van der Waals surface area contributed by atoms with Crippen molar-refractivity contribution in [2.75, 3.05) is 30.9 Å². The standard InChI is InChI=1S/C25H35N5O3S/c1-7-29(18(3)4)20-11-9-19(10-12-20)26-25(31)16-15-24-27-22-17-21(34(32,33)28(5)6)13-14-23(22)30(24)8-2/h9-14,17-18H,7-8,15-16H2,1-6H3,(H,26,31). The number of fused-ring (bicyclic) bond motifs is 1. The fourth-order valence-corrected chi connectivity index (χ4v) is 5.03. The van der Waals surface area contributed by atoms with Crippen LogP contribution in [0, 0.1) is 0 Å². The first-order valence-corrected chi connectivity index (χ1v) is 13.1. The summed E-state index contributed by atoms with van der Waals surface area (Å²) >= 11 is 0. The molecule has 34 heavy (non-hydrogen) atoms. The number of nitrogens with one attached hydrogen (secondary N) is 1. The number of aryl methyl sites for hydroxylation is 2. The largest absolute Gasteiger partial charge is 0.369 e. The Morgan fingerprint density at radius 1 is 1.09 bits per heavy atom. The number of rotatable bonds is 10. The highest BCUT2D eigenvalue weighted by Crippen LogP contribution is 2.23. The van der Waals surface area contributed by atoms with Crippen molar-refractivity contribution in [1.29, 1.82) is 0 Å². The first-order valence-electron chi connectivity index (χ1n) is 11.7. The molecule has 184 valence electrons. The monoisotopic (exact) mass is 485 g/mol. The number of aromatic nitrogens is 2. The summed E-state index contributed by atoms with van der Waals surface area (Å²) in [6, 6.07) is 13.3. The Hall–Kier alpha value is -2.91. The molecule has 0 fully saturated rings. The number of carbonyl (C=O) groups excluding carboxylic acids is 1. The molecule has 0 aliphatic heterocycles. The number of nitrogens with zero attached hydrogens (tertiary/aromatic N) is 4. The zero-order valence-corrected chi connectivity index (χ0v) is 21.7. The van der Waals surface area contributed by atoms with Crippen molar-refractivity contribution in [3.05, 3.63) is 48.3 Å². The van der Waals surface area contributed by atoms with Gasteiger partial charge in [-0.15, -0.1) is 0 Å². The molecule has 0 aliphatic carbocycles. The maximum Gasteiger partial charge on any atom is 0.242 e. The van der Waals surface area contributed by atoms with Crippen LogP contribution in [0.1, 0.15) is 39.9 Å². The smallest absolute Gasteiger partial charge is 0.242 e. The minimum absolute atomic E-state index is 0.0884. The summed E-state index contributed by atoms with van der Waals surface area (Å²) in [5.41, 5.74) is 3.36. The lowest BCUT2D eigenvalue weighted by Gasteiger charge is -2.27. The molecule has 1 amide bonds. The van der Waals surface area contributed by atoms with Crippen molar-refractivity contribution in [3.63, 3.8) is 0 Å². The maximum atomic E-state index is 12.6. The summed E-state index contributed by atoms with van der Waals surface area (Å²) in [6.07, 6.45) is 0.736. The number of imidazole rings is 1. The third-order valence-corrected chi connectivity index (χ3v) is 7.73. The number of amides is 1. The Kier molecular flexibility index (Phi) is 7.99. The lowest BCUT2D eigenvalue weighted by molar-refractivity contribution is -0.116. The van der Waals surface area contributed by atoms with Gasteiger partial charge >= 0.3 is 0 Å². The fraction of sp³-hybridized carbons (Fsp3) is 0.440. The van der Waals surface area contributed by atoms with Gasteiger partial charge in [0.15, 0.2) is 0 Å². The Morgan fingerprint density at radius 2 is 1.76 bits per heavy atom. The average molecular weight is 486 g/mol. The van der Waals surface area contributed by atoms with E-state index in [1.54, 1.807) is 18.2 Å². The molecule has 0 bridgehead atoms. The van der Waals surface area contributed by atoms with Gasteiger partial charge in [-0.3, -0.25) is 4.79 Å². The van der Waals surface area contributed by atoms with Gasteiger partial charge in [0.2, 0.25) is 15.9 Å². The van der Waals surface area contributed by atoms with Gasteiger partial charge in [0.25, 0.3) is 0 Å². The molecule has 3 rings (SSSR count). The van der Waals surface area contributed by atoms with E-state index in [2.05, 4.69) is 36.0 Å². The molecule has 0 radical (unpaired) electrons. The molecule has 1 aromatic heterocycles. The summed E-state index contributed by atoms with van der Waals surface area (Å²) in [4.78, 5) is 19.7. The normalized spacial score (nSPS) is 12.0. The highest BCUT2D eigenvalue weighted by molar-refractivity contribution is 7.89. The van der Waals surface area contributed by atoms with E-state index in [4.69, 9.17) is 0 Å². The average Bonchev–Trinajstić information content (AvgIpc) is 3.15. The number of anilines is 2. The van der Waals surface area contributed by atoms with Crippen LogP contribution in [0.4, 0.5) is 11.4 Å². The number of benzene rings is 2. The lowest BCUT2D eigenvalue weighted by atomic mass is 10.2. The third kappa shape index (κ3) is 5.42. The van der Waals surface area contributed by atoms with E-state index in [-0.39, 0.29) is 17.2 Å². The second-order valence-corrected chi connectivity index (χ2v) is 10.8. The van der Waals surface area contributed by atoms with Crippen molar-refractivity contribution >= 4 is 38.3 Å². The van der Waals surface area contributed by atoms with Crippen molar-refractivity contribution in [2.45, 2.75) is 58.0 Å². The first kappa shape index (κ1) is 25.7. The molecule has 1 N–H and O–H groups in total. The molecule has 2 aromatic carbocycles. The molecular weight excluding hydrogens is 450 g/mol. The van der Waals surface area contributed by atoms with Crippen molar-refractivity contribution in [2.24, 2.45) is 0 Å². The molecule has 8 nitrogen and oxygen atoms in total. The van der Waals surface area contributed by atoms with Crippen LogP contribution in [0.25, 0.3) is 11.0 Å². The molecule has 1 heterocycles. The SMILES string of the molecule is CCN(c1ccc(NC(=O)CCc2nc3cc(S(=O)(=O)N(C)C)ccc3n2CC)cc1)C(C)C. The molecule has 0 spiro atoms. The van der Waals surface area contributed by atoms with Gasteiger partial charge in [-0.2, -0.15) is 0 Å². The number of hydrogen-bond donors (Lipinski definition) is 1. The van der Waals surface area contributed by atoms with Crippen molar-refractivity contribution in [3.8, 4) is 0 Å². The highest BCUT2D eigenvalue weighted by Gasteiger charge is 2.20. The summed E-state index contributed by atoms with van der Waals surface area (Å²) in [7, 11) is -0.526. The Balaban J connectivity index is 1.71. The summed E-state index contributed by atoms with van der Waals surface area (Å²) < 4.78 is 28.1. The minimum atomic E-state index is -3.54. The van der Waals surface area contributed by atoms with Crippen LogP contribution in [0.5, 0.6) is 0 Å². The van der Waals surface area contributed by atoms with Crippen molar-refractivity contribution < 1.29 is 13.2 Å². The quantitative estimate of drug-likeness (QED) is 0.467. The first-order chi connectivity index (χ1) is 16.1. The van der Waals surface area contributed by atoms with E-state index in [9.17, 15) is 13.2 Å². The molecule has 0 atom stereocenters. The van der Waals surface area contributed by atoms with E-state index in [1.807, 2.05) is 35.8 Å². The van der Waals surface area contributed by atoms with Crippen LogP contribution in [-0.4, -0.2) is 54.9 Å². The molecule has 0 saturated carbocycles. The molecule has 0 unspecified atom stereocenters. The van der Waals surface area contributed by atoms with Crippen LogP contribution in [-0.2, 0) is 27.8 Å². The van der Waals surface area contributed by atoms with Crippen LogP contribution < -0.4 is 10.2 Å². The molecule has 0 saturated heterocycles. The fourth-order valence-electron chi connectivity index (χ4n) is 4.11. The topological polar surface area (TPSA) is 87.5 Å². The second kappa shape index (κ2) is 10.6. The van der Waals surface area contributed by atoms with Gasteiger partial charge in [-0.1, -0.05) is 0 Å². The lowest BCUT2D eigenvalue weighted by Crippen LogP contribution is -2.30. The van der Waals surface area contributed by atoms with Crippen LogP contribution in [0.3, 0.4) is 0 Å². The molecule has 9 heteroatoms. The van der Waals surface area contributed by atoms with Gasteiger partial charge in [-0.05, 0) is 70.2 Å². The summed E-state index contributed by atoms with van der Waals surface area (Å²) in [5.74, 6) is 0.674. The van der Waals surface area contributed by atoms with Gasteiger partial charge in [0, 0.05) is 57.4 Å². The zero-order chi connectivity index (χ0) is 25.0. The van der Waals surface area contributed by atoms with E-state index >= 15 is 0 Å². The summed E-state index contributed by atoms with van der Waals surface area (Å²) in [5, 5.41) is 2.96. The van der Waals surface area contributed by atoms with E-state index < -0.39 is 10.0 Å². The Bertz CT molecular complexity index is 1250. The number of carbonyl (C=O) groups is 1. The van der Waals surface area contributed by atoms with Gasteiger partial charge in [0.1, 0.15) is 5.82 Å². The molecule has 3 aromatic rings. The van der Waals surface area contributed by atoms with Crippen LogP contribution >= 0.6 is 0 Å². The molecular formula is C25H35N5O3S. The Morgan fingerprint density at radius 3 is 2.32 bits per heavy atom. The number of hydrogen-bond acceptors (Lipinski definition) is 5. The van der Waals surface area contributed by atoms with E-state index in [0.717, 1.165) is 29.3 Å². The second-order valence-electron chi connectivity index (χ2n) is 8.69. The minimum Gasteiger partial charge on any atom is -0.369 e. The molecule has 0 aliphatic rings. The third-order valence-electron chi connectivity index (χ3n) is 5.92. The van der Waals surface area contributed by atoms with Gasteiger partial charge in [0.05, 0.1) is 15.9 Å². The van der Waals surface area contributed by atoms with Crippen LogP contribution in [0.15, 0.2) is 47.4 Å². The highest BCUT2D eigenvalue weighted by atomic mass is 32.2. The van der Waals surface area contributed by atoms with E-state index in [1.165, 1.54) is 18.4 Å². The maximum absolute atomic E-state index is 12.6. The number of sulfonamides is 1. The Labute approximate surface area is 202 Å². The van der Waals surface area contributed by atoms with E-state index in [0.29, 0.717) is 24.5 Å². The predicted molar refractivity (Wildman–Crippen MR) is 138 cm³/mol. The van der Waals surface area contributed by atoms with Crippen molar-refractivity contribution in [1.82, 2.24) is 13.9 Å². The zero-order valence-electron chi connectivity index (χ0n) is 20.9.